The van der Waals surface area contributed by atoms with Crippen molar-refractivity contribution in [3.05, 3.63) is 124 Å². The first-order valence-electron chi connectivity index (χ1n) is 13.3. The fraction of sp³-hybridized carbons (Fsp3) is 0.0909. The van der Waals surface area contributed by atoms with Gasteiger partial charge in [-0.2, -0.15) is 0 Å². The number of thiophene rings is 1. The minimum Gasteiger partial charge on any atom is -0.457 e. The van der Waals surface area contributed by atoms with Crippen molar-refractivity contribution in [3.8, 4) is 11.5 Å². The fourth-order valence-corrected chi connectivity index (χ4v) is 5.46. The zero-order chi connectivity index (χ0) is 28.9. The third-order valence-electron chi connectivity index (χ3n) is 6.72. The lowest BCUT2D eigenvalue weighted by atomic mass is 10.0. The molecule has 0 aliphatic heterocycles. The maximum Gasteiger partial charge on any atom is 0.339 e. The highest BCUT2D eigenvalue weighted by Crippen LogP contribution is 2.38. The number of allylic oxidation sites excluding steroid dienone is 1. The Hall–Kier alpha value is -5.28. The summed E-state index contributed by atoms with van der Waals surface area (Å²) in [5.41, 5.74) is 9.13. The normalized spacial score (nSPS) is 13.0. The first-order valence-corrected chi connectivity index (χ1v) is 14.2. The minimum atomic E-state index is -0.651. The molecule has 0 unspecified atom stereocenters. The summed E-state index contributed by atoms with van der Waals surface area (Å²) in [6.07, 6.45) is 3.36. The van der Waals surface area contributed by atoms with Gasteiger partial charge in [-0.25, -0.2) is 9.78 Å². The number of fused-ring (bicyclic) bond motifs is 2. The van der Waals surface area contributed by atoms with E-state index < -0.39 is 24.4 Å². The lowest BCUT2D eigenvalue weighted by Crippen LogP contribution is -2.43. The van der Waals surface area contributed by atoms with Gasteiger partial charge in [-0.15, -0.1) is 11.3 Å². The quantitative estimate of drug-likeness (QED) is 0.177. The van der Waals surface area contributed by atoms with Crippen molar-refractivity contribution in [2.75, 3.05) is 6.61 Å². The van der Waals surface area contributed by atoms with E-state index in [1.807, 2.05) is 78.9 Å². The Morgan fingerprint density at radius 1 is 0.857 bits per heavy atom. The van der Waals surface area contributed by atoms with Gasteiger partial charge in [0.25, 0.3) is 11.8 Å². The second-order valence-corrected chi connectivity index (χ2v) is 10.5. The van der Waals surface area contributed by atoms with Gasteiger partial charge in [0.15, 0.2) is 6.61 Å². The molecule has 5 aromatic rings. The molecular weight excluding hydrogens is 550 g/mol. The van der Waals surface area contributed by atoms with Crippen LogP contribution in [0.3, 0.4) is 0 Å². The van der Waals surface area contributed by atoms with E-state index in [2.05, 4.69) is 16.9 Å². The third-order valence-corrected chi connectivity index (χ3v) is 7.59. The van der Waals surface area contributed by atoms with Gasteiger partial charge in [-0.1, -0.05) is 54.6 Å². The lowest BCUT2D eigenvalue weighted by molar-refractivity contribution is -0.125. The van der Waals surface area contributed by atoms with Crippen LogP contribution in [0.15, 0.2) is 96.4 Å². The van der Waals surface area contributed by atoms with Crippen LogP contribution in [0.2, 0.25) is 0 Å². The van der Waals surface area contributed by atoms with E-state index in [0.717, 1.165) is 33.9 Å². The number of hydrazine groups is 1. The number of nitrogens with one attached hydrogen (secondary N) is 2. The molecule has 2 aromatic heterocycles. The number of para-hydroxylation sites is 2. The minimum absolute atomic E-state index is 0.399. The molecule has 2 N–H and O–H groups in total. The van der Waals surface area contributed by atoms with Crippen molar-refractivity contribution in [3.63, 3.8) is 0 Å². The Morgan fingerprint density at radius 3 is 2.50 bits per heavy atom. The molecule has 0 radical (unpaired) electrons. The Morgan fingerprint density at radius 2 is 1.67 bits per heavy atom. The summed E-state index contributed by atoms with van der Waals surface area (Å²) in [5, 5.41) is 2.42. The molecule has 208 valence electrons. The van der Waals surface area contributed by atoms with Crippen LogP contribution in [-0.4, -0.2) is 29.4 Å². The van der Waals surface area contributed by atoms with Gasteiger partial charge in [0.1, 0.15) is 11.5 Å². The third kappa shape index (κ3) is 5.91. The highest BCUT2D eigenvalue weighted by Gasteiger charge is 2.28. The maximum atomic E-state index is 13.4. The Labute approximate surface area is 245 Å². The van der Waals surface area contributed by atoms with Gasteiger partial charge in [-0.05, 0) is 77.4 Å². The van der Waals surface area contributed by atoms with E-state index in [1.165, 1.54) is 11.3 Å². The van der Waals surface area contributed by atoms with E-state index in [-0.39, 0.29) is 0 Å². The van der Waals surface area contributed by atoms with Crippen LogP contribution < -0.4 is 15.6 Å². The summed E-state index contributed by atoms with van der Waals surface area (Å²) in [7, 11) is 0. The first-order chi connectivity index (χ1) is 20.5. The number of aromatic nitrogens is 1. The summed E-state index contributed by atoms with van der Waals surface area (Å²) in [4.78, 5) is 43.1. The molecule has 0 bridgehead atoms. The summed E-state index contributed by atoms with van der Waals surface area (Å²) in [6.45, 7) is -0.550. The number of amides is 2. The fourth-order valence-electron chi connectivity index (χ4n) is 4.84. The second-order valence-electron chi connectivity index (χ2n) is 9.54. The molecule has 0 fully saturated rings. The van der Waals surface area contributed by atoms with E-state index in [9.17, 15) is 14.4 Å². The average Bonchev–Trinajstić information content (AvgIpc) is 3.69. The molecule has 0 atom stereocenters. The smallest absolute Gasteiger partial charge is 0.339 e. The number of hydrogen-bond donors (Lipinski definition) is 2. The summed E-state index contributed by atoms with van der Waals surface area (Å²) in [5.74, 6) is -0.248. The molecule has 0 spiro atoms. The van der Waals surface area contributed by atoms with Crippen molar-refractivity contribution in [1.82, 2.24) is 15.8 Å². The molecule has 0 saturated heterocycles. The van der Waals surface area contributed by atoms with Crippen molar-refractivity contribution >= 4 is 51.7 Å². The largest absolute Gasteiger partial charge is 0.457 e. The molecule has 2 amide bonds. The highest BCUT2D eigenvalue weighted by molar-refractivity contribution is 7.12. The van der Waals surface area contributed by atoms with Crippen LogP contribution in [0.5, 0.6) is 11.5 Å². The molecule has 0 saturated carbocycles. The Bertz CT molecular complexity index is 1820. The van der Waals surface area contributed by atoms with Crippen LogP contribution in [0.4, 0.5) is 0 Å². The monoisotopic (exact) mass is 575 g/mol. The molecule has 9 heteroatoms. The number of esters is 1. The van der Waals surface area contributed by atoms with Crippen molar-refractivity contribution in [2.45, 2.75) is 12.8 Å². The summed E-state index contributed by atoms with van der Waals surface area (Å²) < 4.78 is 11.4. The van der Waals surface area contributed by atoms with Crippen LogP contribution >= 0.6 is 11.3 Å². The Kier molecular flexibility index (Phi) is 7.74. The SMILES string of the molecule is O=C(COC(=O)c1c2c(nc3ccccc13)/C(=C\c1cccc(Oc3ccccc3)c1)CC2)NNC(=O)c1cccs1. The van der Waals surface area contributed by atoms with Gasteiger partial charge in [-0.3, -0.25) is 20.4 Å². The molecule has 42 heavy (non-hydrogen) atoms. The van der Waals surface area contributed by atoms with Gasteiger partial charge >= 0.3 is 5.97 Å². The molecular formula is C33H25N3O5S. The van der Waals surface area contributed by atoms with Crippen LogP contribution in [0, 0.1) is 0 Å². The number of pyridine rings is 1. The number of carbonyl (C=O) groups is 3. The highest BCUT2D eigenvalue weighted by atomic mass is 32.1. The predicted octanol–water partition coefficient (Wildman–Crippen LogP) is 6.19. The van der Waals surface area contributed by atoms with Gasteiger partial charge < -0.3 is 9.47 Å². The number of benzene rings is 3. The number of nitrogens with zero attached hydrogens (tertiary/aromatic N) is 1. The van der Waals surface area contributed by atoms with Crippen LogP contribution in [0.25, 0.3) is 22.6 Å². The van der Waals surface area contributed by atoms with Gasteiger partial charge in [0.05, 0.1) is 21.7 Å². The van der Waals surface area contributed by atoms with E-state index in [0.29, 0.717) is 34.2 Å². The maximum absolute atomic E-state index is 13.4. The summed E-state index contributed by atoms with van der Waals surface area (Å²) >= 11 is 1.25. The number of ether oxygens (including phenoxy) is 2. The number of hydrogen-bond acceptors (Lipinski definition) is 7. The topological polar surface area (TPSA) is 107 Å². The summed E-state index contributed by atoms with van der Waals surface area (Å²) in [6, 6.07) is 28.1. The van der Waals surface area contributed by atoms with Crippen molar-refractivity contribution in [2.24, 2.45) is 0 Å². The molecule has 1 aliphatic carbocycles. The van der Waals surface area contributed by atoms with Crippen LogP contribution in [0.1, 0.15) is 43.3 Å². The van der Waals surface area contributed by atoms with Crippen molar-refractivity contribution in [1.29, 1.82) is 0 Å². The second kappa shape index (κ2) is 12.1. The lowest BCUT2D eigenvalue weighted by Gasteiger charge is -2.13. The molecule has 6 rings (SSSR count). The van der Waals surface area contributed by atoms with Gasteiger partial charge in [0.2, 0.25) is 0 Å². The number of rotatable bonds is 7. The zero-order valence-electron chi connectivity index (χ0n) is 22.3. The molecule has 2 heterocycles. The molecule has 3 aromatic carbocycles. The number of carbonyl (C=O) groups excluding carboxylic acids is 3. The predicted molar refractivity (Wildman–Crippen MR) is 161 cm³/mol. The van der Waals surface area contributed by atoms with Gasteiger partial charge in [0, 0.05) is 5.39 Å². The Balaban J connectivity index is 1.22. The van der Waals surface area contributed by atoms with E-state index in [4.69, 9.17) is 14.5 Å². The van der Waals surface area contributed by atoms with Crippen LogP contribution in [-0.2, 0) is 16.0 Å². The molecule has 1 aliphatic rings. The molecule has 8 nitrogen and oxygen atoms in total. The first kappa shape index (κ1) is 26.9. The average molecular weight is 576 g/mol. The standard InChI is InChI=1S/C33H25N3O5S/c37-29(35-36-32(38)28-14-7-17-42-28)20-40-33(39)30-25-12-4-5-13-27(25)34-31-22(15-16-26(30)31)18-21-8-6-11-24(19-21)41-23-9-2-1-3-10-23/h1-14,17-19H,15-16,20H2,(H,35,37)(H,36,38)/b22-18-. The van der Waals surface area contributed by atoms with E-state index in [1.54, 1.807) is 17.5 Å². The zero-order valence-corrected chi connectivity index (χ0v) is 23.1. The van der Waals surface area contributed by atoms with E-state index >= 15 is 0 Å². The van der Waals surface area contributed by atoms with Crippen molar-refractivity contribution < 1.29 is 23.9 Å².